The predicted octanol–water partition coefficient (Wildman–Crippen LogP) is 2.59. The number of aromatic amines is 1. The second-order valence-corrected chi connectivity index (χ2v) is 6.57. The van der Waals surface area contributed by atoms with Crippen LogP contribution >= 0.6 is 0 Å². The molecule has 0 aliphatic carbocycles. The molecule has 1 aliphatic heterocycles. The number of carbonyl (C=O) groups is 1. The van der Waals surface area contributed by atoms with Crippen molar-refractivity contribution in [1.29, 1.82) is 0 Å². The smallest absolute Gasteiger partial charge is 0.294 e. The predicted molar refractivity (Wildman–Crippen MR) is 100 cm³/mol. The molecule has 0 spiro atoms. The van der Waals surface area contributed by atoms with Gasteiger partial charge in [0.1, 0.15) is 11.4 Å². The maximum absolute atomic E-state index is 12.5. The summed E-state index contributed by atoms with van der Waals surface area (Å²) < 4.78 is 5.33. The van der Waals surface area contributed by atoms with E-state index in [1.54, 1.807) is 12.3 Å². The summed E-state index contributed by atoms with van der Waals surface area (Å²) in [5.74, 6) is 0.919. The number of pyridine rings is 1. The fraction of sp³-hybridized carbons (Fsp3) is 0.150. The van der Waals surface area contributed by atoms with E-state index in [1.165, 1.54) is 5.56 Å². The highest BCUT2D eigenvalue weighted by Crippen LogP contribution is 2.27. The summed E-state index contributed by atoms with van der Waals surface area (Å²) in [5.41, 5.74) is 2.90. The van der Waals surface area contributed by atoms with Crippen LogP contribution < -0.4 is 5.32 Å². The van der Waals surface area contributed by atoms with Crippen LogP contribution in [0.4, 0.5) is 0 Å². The maximum Gasteiger partial charge on any atom is 0.294 e. The molecule has 0 radical (unpaired) electrons. The Labute approximate surface area is 160 Å². The van der Waals surface area contributed by atoms with Crippen LogP contribution in [0.5, 0.6) is 0 Å². The molecule has 1 aromatic carbocycles. The number of amides is 1. The van der Waals surface area contributed by atoms with Crippen molar-refractivity contribution in [2.24, 2.45) is 0 Å². The zero-order valence-electron chi connectivity index (χ0n) is 14.8. The monoisotopic (exact) mass is 372 g/mol. The zero-order valence-corrected chi connectivity index (χ0v) is 14.8. The number of carbonyl (C=O) groups excluding carboxylic acids is 1. The van der Waals surface area contributed by atoms with E-state index in [4.69, 9.17) is 4.52 Å². The number of hydrogen-bond donors (Lipinski definition) is 2. The van der Waals surface area contributed by atoms with Crippen molar-refractivity contribution < 1.29 is 9.32 Å². The lowest BCUT2D eigenvalue weighted by Crippen LogP contribution is -2.26. The van der Waals surface area contributed by atoms with Gasteiger partial charge in [0.2, 0.25) is 5.82 Å². The standard InChI is InChI=1S/C20H16N6O2/c27-19-16-15(10-13(11-22-19)12-6-2-1-3-7-12)23-18(24-16)20-25-17(26-28-20)14-8-4-5-9-21-14/h1-9,13H,10-11H2,(H,22,27)(H,23,24)/t13-/m0/s1. The number of benzene rings is 1. The van der Waals surface area contributed by atoms with E-state index in [0.717, 1.165) is 5.69 Å². The number of nitrogens with one attached hydrogen (secondary N) is 2. The Kier molecular flexibility index (Phi) is 3.93. The van der Waals surface area contributed by atoms with Gasteiger partial charge in [-0.25, -0.2) is 4.98 Å². The molecule has 0 saturated carbocycles. The van der Waals surface area contributed by atoms with E-state index < -0.39 is 0 Å². The highest BCUT2D eigenvalue weighted by atomic mass is 16.5. The molecule has 4 heterocycles. The Morgan fingerprint density at radius 2 is 1.89 bits per heavy atom. The molecule has 8 nitrogen and oxygen atoms in total. The van der Waals surface area contributed by atoms with Crippen molar-refractivity contribution >= 4 is 5.91 Å². The molecule has 138 valence electrons. The van der Waals surface area contributed by atoms with Crippen LogP contribution in [0, 0.1) is 0 Å². The first kappa shape index (κ1) is 16.4. The van der Waals surface area contributed by atoms with Crippen molar-refractivity contribution in [3.8, 4) is 23.2 Å². The Hall–Kier alpha value is -3.81. The maximum atomic E-state index is 12.5. The molecule has 5 rings (SSSR count). The van der Waals surface area contributed by atoms with Crippen LogP contribution in [-0.4, -0.2) is 37.5 Å². The normalized spacial score (nSPS) is 16.3. The third-order valence-corrected chi connectivity index (χ3v) is 4.75. The molecule has 1 atom stereocenters. The van der Waals surface area contributed by atoms with Gasteiger partial charge < -0.3 is 14.8 Å². The van der Waals surface area contributed by atoms with E-state index in [0.29, 0.717) is 36.0 Å². The number of hydrogen-bond acceptors (Lipinski definition) is 6. The van der Waals surface area contributed by atoms with Crippen molar-refractivity contribution in [3.05, 3.63) is 71.7 Å². The first-order valence-corrected chi connectivity index (χ1v) is 8.95. The van der Waals surface area contributed by atoms with Crippen molar-refractivity contribution in [2.75, 3.05) is 6.54 Å². The second kappa shape index (κ2) is 6.73. The van der Waals surface area contributed by atoms with E-state index in [1.807, 2.05) is 30.3 Å². The molecule has 28 heavy (non-hydrogen) atoms. The summed E-state index contributed by atoms with van der Waals surface area (Å²) in [6.07, 6.45) is 2.32. The number of imidazole rings is 1. The van der Waals surface area contributed by atoms with Crippen molar-refractivity contribution in [2.45, 2.75) is 12.3 Å². The summed E-state index contributed by atoms with van der Waals surface area (Å²) in [7, 11) is 0. The molecule has 0 saturated heterocycles. The fourth-order valence-electron chi connectivity index (χ4n) is 3.34. The lowest BCUT2D eigenvalue weighted by Gasteiger charge is -2.14. The molecule has 4 aromatic rings. The van der Waals surface area contributed by atoms with E-state index in [-0.39, 0.29) is 17.7 Å². The van der Waals surface area contributed by atoms with Gasteiger partial charge in [-0.15, -0.1) is 0 Å². The Bertz CT molecular complexity index is 1120. The van der Waals surface area contributed by atoms with Gasteiger partial charge in [0, 0.05) is 24.4 Å². The third-order valence-electron chi connectivity index (χ3n) is 4.75. The summed E-state index contributed by atoms with van der Waals surface area (Å²) >= 11 is 0. The van der Waals surface area contributed by atoms with Gasteiger partial charge in [0.25, 0.3) is 11.8 Å². The summed E-state index contributed by atoms with van der Waals surface area (Å²) in [6, 6.07) is 15.6. The molecule has 0 bridgehead atoms. The topological polar surface area (TPSA) is 110 Å². The Morgan fingerprint density at radius 3 is 2.71 bits per heavy atom. The van der Waals surface area contributed by atoms with Crippen LogP contribution in [0.25, 0.3) is 23.2 Å². The molecule has 0 unspecified atom stereocenters. The number of fused-ring (bicyclic) bond motifs is 1. The van der Waals surface area contributed by atoms with Crippen molar-refractivity contribution in [1.82, 2.24) is 30.4 Å². The van der Waals surface area contributed by atoms with Crippen LogP contribution in [0.3, 0.4) is 0 Å². The Morgan fingerprint density at radius 1 is 1.04 bits per heavy atom. The molecule has 0 fully saturated rings. The van der Waals surface area contributed by atoms with E-state index in [2.05, 4.69) is 42.5 Å². The average molecular weight is 372 g/mol. The second-order valence-electron chi connectivity index (χ2n) is 6.57. The number of rotatable bonds is 3. The molecular weight excluding hydrogens is 356 g/mol. The zero-order chi connectivity index (χ0) is 18.9. The molecular formula is C20H16N6O2. The van der Waals surface area contributed by atoms with Gasteiger partial charge in [-0.3, -0.25) is 9.78 Å². The average Bonchev–Trinajstić information content (AvgIpc) is 3.37. The van der Waals surface area contributed by atoms with Crippen LogP contribution in [-0.2, 0) is 6.42 Å². The third kappa shape index (κ3) is 2.94. The first-order chi connectivity index (χ1) is 13.8. The lowest BCUT2D eigenvalue weighted by molar-refractivity contribution is 0.0950. The molecule has 2 N–H and O–H groups in total. The summed E-state index contributed by atoms with van der Waals surface area (Å²) in [6.45, 7) is 0.562. The summed E-state index contributed by atoms with van der Waals surface area (Å²) in [4.78, 5) is 28.7. The highest BCUT2D eigenvalue weighted by Gasteiger charge is 2.27. The van der Waals surface area contributed by atoms with E-state index >= 15 is 0 Å². The van der Waals surface area contributed by atoms with Gasteiger partial charge in [-0.05, 0) is 24.1 Å². The molecule has 1 aliphatic rings. The Balaban J connectivity index is 1.47. The number of H-pyrrole nitrogens is 1. The van der Waals surface area contributed by atoms with Gasteiger partial charge in [0.05, 0.1) is 0 Å². The summed E-state index contributed by atoms with van der Waals surface area (Å²) in [5, 5.41) is 6.91. The number of nitrogens with zero attached hydrogens (tertiary/aromatic N) is 4. The number of aromatic nitrogens is 5. The fourth-order valence-corrected chi connectivity index (χ4v) is 3.34. The van der Waals surface area contributed by atoms with Crippen LogP contribution in [0.2, 0.25) is 0 Å². The SMILES string of the molecule is O=C1NC[C@@H](c2ccccc2)Cc2[nH]c(-c3nc(-c4ccccn4)no3)nc21. The molecule has 8 heteroatoms. The minimum atomic E-state index is -0.208. The van der Waals surface area contributed by atoms with Crippen molar-refractivity contribution in [3.63, 3.8) is 0 Å². The minimum Gasteiger partial charge on any atom is -0.350 e. The van der Waals surface area contributed by atoms with Gasteiger partial charge in [-0.1, -0.05) is 41.6 Å². The molecule has 1 amide bonds. The first-order valence-electron chi connectivity index (χ1n) is 8.95. The lowest BCUT2D eigenvalue weighted by atomic mass is 9.94. The van der Waals surface area contributed by atoms with E-state index in [9.17, 15) is 4.79 Å². The minimum absolute atomic E-state index is 0.159. The largest absolute Gasteiger partial charge is 0.350 e. The molecule has 3 aromatic heterocycles. The van der Waals surface area contributed by atoms with Gasteiger partial charge >= 0.3 is 0 Å². The van der Waals surface area contributed by atoms with Crippen LogP contribution in [0.15, 0.2) is 59.3 Å². The van der Waals surface area contributed by atoms with Gasteiger partial charge in [0.15, 0.2) is 5.82 Å². The van der Waals surface area contributed by atoms with Gasteiger partial charge in [-0.2, -0.15) is 4.98 Å². The van der Waals surface area contributed by atoms with Crippen LogP contribution in [0.1, 0.15) is 27.7 Å². The quantitative estimate of drug-likeness (QED) is 0.572. The highest BCUT2D eigenvalue weighted by molar-refractivity contribution is 5.94.